The van der Waals surface area contributed by atoms with E-state index in [-0.39, 0.29) is 0 Å². The molecule has 2 aromatic heterocycles. The molecule has 56 valence electrons. The van der Waals surface area contributed by atoms with Crippen LogP contribution >= 0.6 is 27.5 Å². The van der Waals surface area contributed by atoms with Crippen LogP contribution in [0.1, 0.15) is 0 Å². The second-order valence-electron chi connectivity index (χ2n) is 2.04. The number of pyridine rings is 1. The molecule has 0 spiro atoms. The molecule has 5 heteroatoms. The lowest BCUT2D eigenvalue weighted by Crippen LogP contribution is -1.74. The Morgan fingerprint density at radius 2 is 2.36 bits per heavy atom. The van der Waals surface area contributed by atoms with Crippen molar-refractivity contribution in [3.63, 3.8) is 0 Å². The molecule has 0 aromatic carbocycles. The fourth-order valence-electron chi connectivity index (χ4n) is 0.877. The normalized spacial score (nSPS) is 10.7. The minimum absolute atomic E-state index is 0.421. The molecule has 0 amide bonds. The molecular weight excluding hydrogens is 229 g/mol. The monoisotopic (exact) mass is 231 g/mol. The van der Waals surface area contributed by atoms with E-state index in [1.165, 1.54) is 0 Å². The molecule has 2 heterocycles. The molecule has 0 atom stereocenters. The third-order valence-electron chi connectivity index (χ3n) is 1.38. The first-order chi connectivity index (χ1) is 5.29. The molecule has 0 aliphatic heterocycles. The fourth-order valence-corrected chi connectivity index (χ4v) is 1.49. The van der Waals surface area contributed by atoms with Crippen molar-refractivity contribution in [3.05, 3.63) is 22.0 Å². The number of hydrogen-bond acceptors (Lipinski definition) is 2. The van der Waals surface area contributed by atoms with E-state index in [0.717, 1.165) is 9.99 Å². The highest BCUT2D eigenvalue weighted by Gasteiger charge is 2.05. The number of rotatable bonds is 0. The van der Waals surface area contributed by atoms with Gasteiger partial charge >= 0.3 is 0 Å². The van der Waals surface area contributed by atoms with Gasteiger partial charge in [-0.05, 0) is 22.0 Å². The van der Waals surface area contributed by atoms with Crippen molar-refractivity contribution in [3.8, 4) is 0 Å². The smallest absolute Gasteiger partial charge is 0.157 e. The van der Waals surface area contributed by atoms with E-state index in [0.29, 0.717) is 10.7 Å². The van der Waals surface area contributed by atoms with Crippen molar-refractivity contribution >= 4 is 38.4 Å². The maximum absolute atomic E-state index is 5.76. The molecular formula is C6H3BrClN3. The molecule has 0 unspecified atom stereocenters. The van der Waals surface area contributed by atoms with Gasteiger partial charge < -0.3 is 0 Å². The zero-order valence-corrected chi connectivity index (χ0v) is 7.65. The molecule has 0 bridgehead atoms. The van der Waals surface area contributed by atoms with E-state index in [9.17, 15) is 0 Å². The van der Waals surface area contributed by atoms with Gasteiger partial charge in [-0.15, -0.1) is 0 Å². The Morgan fingerprint density at radius 1 is 1.55 bits per heavy atom. The Bertz CT molecular complexity index is 398. The zero-order chi connectivity index (χ0) is 7.84. The SMILES string of the molecule is Clc1nccc2c(Br)[nH]nc12. The highest BCUT2D eigenvalue weighted by Crippen LogP contribution is 2.24. The summed E-state index contributed by atoms with van der Waals surface area (Å²) in [7, 11) is 0. The number of hydrogen-bond donors (Lipinski definition) is 1. The Balaban J connectivity index is 2.94. The first-order valence-corrected chi connectivity index (χ1v) is 4.10. The molecule has 0 saturated heterocycles. The molecule has 0 fully saturated rings. The number of fused-ring (bicyclic) bond motifs is 1. The highest BCUT2D eigenvalue weighted by molar-refractivity contribution is 9.10. The summed E-state index contributed by atoms with van der Waals surface area (Å²) in [6.45, 7) is 0. The summed E-state index contributed by atoms with van der Waals surface area (Å²) < 4.78 is 0.830. The van der Waals surface area contributed by atoms with Crippen molar-refractivity contribution in [1.82, 2.24) is 15.2 Å². The van der Waals surface area contributed by atoms with Gasteiger partial charge in [-0.1, -0.05) is 11.6 Å². The number of aromatic amines is 1. The van der Waals surface area contributed by atoms with E-state index in [2.05, 4.69) is 31.1 Å². The topological polar surface area (TPSA) is 41.6 Å². The fraction of sp³-hybridized carbons (Fsp3) is 0. The number of nitrogens with zero attached hydrogens (tertiary/aromatic N) is 2. The van der Waals surface area contributed by atoms with Gasteiger partial charge in [0.2, 0.25) is 0 Å². The minimum atomic E-state index is 0.421. The number of nitrogens with one attached hydrogen (secondary N) is 1. The molecule has 0 aliphatic rings. The van der Waals surface area contributed by atoms with Gasteiger partial charge in [-0.3, -0.25) is 5.10 Å². The van der Waals surface area contributed by atoms with Crippen molar-refractivity contribution in [2.45, 2.75) is 0 Å². The van der Waals surface area contributed by atoms with Crippen molar-refractivity contribution in [1.29, 1.82) is 0 Å². The van der Waals surface area contributed by atoms with Crippen LogP contribution in [0.5, 0.6) is 0 Å². The van der Waals surface area contributed by atoms with Crippen LogP contribution in [0.4, 0.5) is 0 Å². The van der Waals surface area contributed by atoms with E-state index in [1.54, 1.807) is 6.20 Å². The third-order valence-corrected chi connectivity index (χ3v) is 2.26. The summed E-state index contributed by atoms with van der Waals surface area (Å²) in [6.07, 6.45) is 1.64. The lowest BCUT2D eigenvalue weighted by atomic mass is 10.3. The van der Waals surface area contributed by atoms with Crippen LogP contribution in [-0.2, 0) is 0 Å². The number of H-pyrrole nitrogens is 1. The molecule has 3 nitrogen and oxygen atoms in total. The molecule has 2 rings (SSSR count). The van der Waals surface area contributed by atoms with Crippen molar-refractivity contribution in [2.24, 2.45) is 0 Å². The standard InChI is InChI=1S/C6H3BrClN3/c7-5-3-1-2-9-6(8)4(3)10-11-5/h1-2H,(H,10,11). The maximum Gasteiger partial charge on any atom is 0.157 e. The van der Waals surface area contributed by atoms with E-state index in [1.807, 2.05) is 6.07 Å². The number of halogens is 2. The van der Waals surface area contributed by atoms with Crippen LogP contribution in [0, 0.1) is 0 Å². The quantitative estimate of drug-likeness (QED) is 0.709. The molecule has 0 saturated carbocycles. The van der Waals surface area contributed by atoms with E-state index < -0.39 is 0 Å². The van der Waals surface area contributed by atoms with Crippen LogP contribution in [0.2, 0.25) is 5.15 Å². The van der Waals surface area contributed by atoms with E-state index >= 15 is 0 Å². The van der Waals surface area contributed by atoms with Crippen LogP contribution in [-0.4, -0.2) is 15.2 Å². The average molecular weight is 232 g/mol. The maximum atomic E-state index is 5.76. The first kappa shape index (κ1) is 7.06. The highest BCUT2D eigenvalue weighted by atomic mass is 79.9. The van der Waals surface area contributed by atoms with Crippen LogP contribution in [0.15, 0.2) is 16.9 Å². The Kier molecular flexibility index (Phi) is 1.58. The molecule has 11 heavy (non-hydrogen) atoms. The lowest BCUT2D eigenvalue weighted by molar-refractivity contribution is 1.09. The van der Waals surface area contributed by atoms with Gasteiger partial charge in [0.1, 0.15) is 10.1 Å². The lowest BCUT2D eigenvalue weighted by Gasteiger charge is -1.88. The second-order valence-corrected chi connectivity index (χ2v) is 3.19. The molecule has 2 aromatic rings. The molecule has 0 radical (unpaired) electrons. The van der Waals surface area contributed by atoms with Gasteiger partial charge in [0.15, 0.2) is 5.15 Å². The predicted molar refractivity (Wildman–Crippen MR) is 46.6 cm³/mol. The molecule has 0 aliphatic carbocycles. The zero-order valence-electron chi connectivity index (χ0n) is 5.31. The van der Waals surface area contributed by atoms with E-state index in [4.69, 9.17) is 11.6 Å². The largest absolute Gasteiger partial charge is 0.270 e. The van der Waals surface area contributed by atoms with Crippen LogP contribution in [0.25, 0.3) is 10.9 Å². The number of aromatic nitrogens is 3. The molecule has 1 N–H and O–H groups in total. The van der Waals surface area contributed by atoms with Gasteiger partial charge in [-0.25, -0.2) is 4.98 Å². The van der Waals surface area contributed by atoms with Crippen LogP contribution in [0.3, 0.4) is 0 Å². The van der Waals surface area contributed by atoms with Gasteiger partial charge in [-0.2, -0.15) is 5.10 Å². The summed E-state index contributed by atoms with van der Waals surface area (Å²) in [6, 6.07) is 1.84. The summed E-state index contributed by atoms with van der Waals surface area (Å²) in [5.41, 5.74) is 0.695. The summed E-state index contributed by atoms with van der Waals surface area (Å²) in [4.78, 5) is 3.88. The van der Waals surface area contributed by atoms with Crippen LogP contribution < -0.4 is 0 Å². The third kappa shape index (κ3) is 1.02. The Labute approximate surface area is 75.9 Å². The Morgan fingerprint density at radius 3 is 3.09 bits per heavy atom. The average Bonchev–Trinajstić information content (AvgIpc) is 2.35. The first-order valence-electron chi connectivity index (χ1n) is 2.93. The van der Waals surface area contributed by atoms with Crippen molar-refractivity contribution < 1.29 is 0 Å². The van der Waals surface area contributed by atoms with Crippen molar-refractivity contribution in [2.75, 3.05) is 0 Å². The van der Waals surface area contributed by atoms with Gasteiger partial charge in [0.25, 0.3) is 0 Å². The summed E-state index contributed by atoms with van der Waals surface area (Å²) in [5, 5.41) is 8.08. The predicted octanol–water partition coefficient (Wildman–Crippen LogP) is 2.37. The minimum Gasteiger partial charge on any atom is -0.270 e. The second kappa shape index (κ2) is 2.46. The Hall–Kier alpha value is -0.610. The summed E-state index contributed by atoms with van der Waals surface area (Å²) in [5.74, 6) is 0. The van der Waals surface area contributed by atoms with Gasteiger partial charge in [0.05, 0.1) is 0 Å². The summed E-state index contributed by atoms with van der Waals surface area (Å²) >= 11 is 9.05. The van der Waals surface area contributed by atoms with Gasteiger partial charge in [0, 0.05) is 11.6 Å².